The number of amides is 3. The Labute approximate surface area is 204 Å². The summed E-state index contributed by atoms with van der Waals surface area (Å²) in [6.07, 6.45) is 3.36. The van der Waals surface area contributed by atoms with Crippen molar-refractivity contribution in [2.45, 2.75) is 64.2 Å². The lowest BCUT2D eigenvalue weighted by atomic mass is 10.0. The van der Waals surface area contributed by atoms with Crippen LogP contribution in [0.5, 0.6) is 0 Å². The van der Waals surface area contributed by atoms with Crippen molar-refractivity contribution in [1.29, 1.82) is 0 Å². The highest BCUT2D eigenvalue weighted by molar-refractivity contribution is 5.94. The van der Waals surface area contributed by atoms with Crippen molar-refractivity contribution in [3.05, 3.63) is 54.1 Å². The largest absolute Gasteiger partial charge is 0.480 e. The molecule has 0 unspecified atom stereocenters. The van der Waals surface area contributed by atoms with Gasteiger partial charge in [0.25, 0.3) is 0 Å². The number of nitrogens with one attached hydrogen (secondary N) is 4. The summed E-state index contributed by atoms with van der Waals surface area (Å²) in [6, 6.07) is 5.10. The van der Waals surface area contributed by atoms with E-state index in [4.69, 9.17) is 5.73 Å². The van der Waals surface area contributed by atoms with Crippen LogP contribution < -0.4 is 21.7 Å². The molecule has 1 heterocycles. The SMILES string of the molecule is CC(C)C[C@H](NC(=O)[C@H](Cc1ccccc1)NC(=O)[C@H](C)N)C(=O)N[C@@H](Cc1cnc[nH]1)C(=O)O. The summed E-state index contributed by atoms with van der Waals surface area (Å²) in [4.78, 5) is 56.9. The number of H-pyrrole nitrogens is 1. The molecule has 0 saturated carbocycles. The molecule has 11 nitrogen and oxygen atoms in total. The van der Waals surface area contributed by atoms with Crippen LogP contribution in [-0.2, 0) is 32.0 Å². The Hall–Kier alpha value is -3.73. The molecule has 7 N–H and O–H groups in total. The normalized spacial score (nSPS) is 14.4. The summed E-state index contributed by atoms with van der Waals surface area (Å²) in [5.41, 5.74) is 7.02. The van der Waals surface area contributed by atoms with Crippen molar-refractivity contribution in [3.8, 4) is 0 Å². The van der Waals surface area contributed by atoms with Crippen LogP contribution in [0.15, 0.2) is 42.9 Å². The number of rotatable bonds is 13. The van der Waals surface area contributed by atoms with Crippen LogP contribution in [0, 0.1) is 5.92 Å². The maximum Gasteiger partial charge on any atom is 0.326 e. The molecular formula is C24H34N6O5. The highest BCUT2D eigenvalue weighted by atomic mass is 16.4. The monoisotopic (exact) mass is 486 g/mol. The van der Waals surface area contributed by atoms with Gasteiger partial charge >= 0.3 is 5.97 Å². The van der Waals surface area contributed by atoms with Gasteiger partial charge in [-0.25, -0.2) is 9.78 Å². The van der Waals surface area contributed by atoms with E-state index in [9.17, 15) is 24.3 Å². The fraction of sp³-hybridized carbons (Fsp3) is 0.458. The Bertz CT molecular complexity index is 978. The molecule has 0 aliphatic rings. The van der Waals surface area contributed by atoms with Crippen molar-refractivity contribution in [2.24, 2.45) is 11.7 Å². The number of carboxylic acids is 1. The van der Waals surface area contributed by atoms with Gasteiger partial charge in [-0.3, -0.25) is 14.4 Å². The zero-order valence-corrected chi connectivity index (χ0v) is 20.2. The number of hydrogen-bond acceptors (Lipinski definition) is 6. The number of aliphatic carboxylic acids is 1. The van der Waals surface area contributed by atoms with E-state index in [-0.39, 0.29) is 25.2 Å². The number of carbonyl (C=O) groups is 4. The van der Waals surface area contributed by atoms with Gasteiger partial charge in [-0.05, 0) is 24.8 Å². The van der Waals surface area contributed by atoms with E-state index in [2.05, 4.69) is 25.9 Å². The van der Waals surface area contributed by atoms with Gasteiger partial charge in [0.2, 0.25) is 17.7 Å². The summed E-state index contributed by atoms with van der Waals surface area (Å²) in [7, 11) is 0. The van der Waals surface area contributed by atoms with Crippen LogP contribution in [0.4, 0.5) is 0 Å². The molecular weight excluding hydrogens is 452 g/mol. The number of nitrogens with two attached hydrogens (primary N) is 1. The first kappa shape index (κ1) is 27.5. The van der Waals surface area contributed by atoms with Crippen molar-refractivity contribution < 1.29 is 24.3 Å². The molecule has 190 valence electrons. The first-order chi connectivity index (χ1) is 16.6. The van der Waals surface area contributed by atoms with Crippen molar-refractivity contribution in [1.82, 2.24) is 25.9 Å². The van der Waals surface area contributed by atoms with Gasteiger partial charge in [0.1, 0.15) is 18.1 Å². The van der Waals surface area contributed by atoms with Crippen LogP contribution in [0.25, 0.3) is 0 Å². The first-order valence-electron chi connectivity index (χ1n) is 11.5. The van der Waals surface area contributed by atoms with E-state index in [1.54, 1.807) is 0 Å². The molecule has 0 fully saturated rings. The van der Waals surface area contributed by atoms with Gasteiger partial charge in [0, 0.05) is 24.7 Å². The predicted octanol–water partition coefficient (Wildman–Crippen LogP) is 0.127. The van der Waals surface area contributed by atoms with E-state index in [0.717, 1.165) is 5.56 Å². The minimum Gasteiger partial charge on any atom is -0.480 e. The molecule has 1 aromatic heterocycles. The summed E-state index contributed by atoms with van der Waals surface area (Å²) in [6.45, 7) is 5.27. The molecule has 35 heavy (non-hydrogen) atoms. The Balaban J connectivity index is 2.17. The van der Waals surface area contributed by atoms with Crippen molar-refractivity contribution in [2.75, 3.05) is 0 Å². The molecule has 0 spiro atoms. The Morgan fingerprint density at radius 2 is 1.51 bits per heavy atom. The van der Waals surface area contributed by atoms with Gasteiger partial charge in [-0.1, -0.05) is 44.2 Å². The second-order valence-corrected chi connectivity index (χ2v) is 8.91. The van der Waals surface area contributed by atoms with E-state index < -0.39 is 47.9 Å². The van der Waals surface area contributed by atoms with Gasteiger partial charge in [-0.15, -0.1) is 0 Å². The number of aromatic amines is 1. The lowest BCUT2D eigenvalue weighted by Crippen LogP contribution is -2.57. The fourth-order valence-corrected chi connectivity index (χ4v) is 3.43. The van der Waals surface area contributed by atoms with Crippen LogP contribution in [-0.4, -0.2) is 62.9 Å². The topological polar surface area (TPSA) is 179 Å². The van der Waals surface area contributed by atoms with Gasteiger partial charge in [-0.2, -0.15) is 0 Å². The minimum atomic E-state index is -1.22. The highest BCUT2D eigenvalue weighted by Crippen LogP contribution is 2.09. The minimum absolute atomic E-state index is 0.00446. The molecule has 0 aliphatic carbocycles. The standard InChI is InChI=1S/C24H34N6O5/c1-14(2)9-18(22(32)30-20(24(34)35)11-17-12-26-13-27-17)29-23(33)19(28-21(31)15(3)25)10-16-7-5-4-6-8-16/h4-8,12-15,18-20H,9-11,25H2,1-3H3,(H,26,27)(H,28,31)(H,29,33)(H,30,32)(H,34,35)/t15-,18-,19-,20-/m0/s1. The van der Waals surface area contributed by atoms with Crippen LogP contribution in [0.2, 0.25) is 0 Å². The summed E-state index contributed by atoms with van der Waals surface area (Å²) in [5.74, 6) is -2.89. The van der Waals surface area contributed by atoms with Crippen molar-refractivity contribution in [3.63, 3.8) is 0 Å². The van der Waals surface area contributed by atoms with Crippen LogP contribution in [0.1, 0.15) is 38.4 Å². The number of benzene rings is 1. The van der Waals surface area contributed by atoms with E-state index in [0.29, 0.717) is 5.69 Å². The zero-order chi connectivity index (χ0) is 26.0. The number of nitrogens with zero attached hydrogens (tertiary/aromatic N) is 1. The predicted molar refractivity (Wildman–Crippen MR) is 129 cm³/mol. The average molecular weight is 487 g/mol. The van der Waals surface area contributed by atoms with Crippen LogP contribution in [0.3, 0.4) is 0 Å². The fourth-order valence-electron chi connectivity index (χ4n) is 3.43. The quantitative estimate of drug-likeness (QED) is 0.233. The van der Waals surface area contributed by atoms with E-state index in [1.807, 2.05) is 44.2 Å². The average Bonchev–Trinajstić information content (AvgIpc) is 3.31. The molecule has 2 aromatic rings. The third-order valence-electron chi connectivity index (χ3n) is 5.26. The molecule has 11 heteroatoms. The maximum atomic E-state index is 13.2. The van der Waals surface area contributed by atoms with Crippen LogP contribution >= 0.6 is 0 Å². The molecule has 4 atom stereocenters. The third kappa shape index (κ3) is 9.20. The Morgan fingerprint density at radius 3 is 2.06 bits per heavy atom. The summed E-state index contributed by atoms with van der Waals surface area (Å²) in [5, 5.41) is 17.4. The summed E-state index contributed by atoms with van der Waals surface area (Å²) >= 11 is 0. The van der Waals surface area contributed by atoms with Gasteiger partial charge in [0.15, 0.2) is 0 Å². The summed E-state index contributed by atoms with van der Waals surface area (Å²) < 4.78 is 0. The number of hydrogen-bond donors (Lipinski definition) is 6. The lowest BCUT2D eigenvalue weighted by molar-refractivity contribution is -0.142. The smallest absolute Gasteiger partial charge is 0.326 e. The second kappa shape index (κ2) is 13.2. The third-order valence-corrected chi connectivity index (χ3v) is 5.26. The zero-order valence-electron chi connectivity index (χ0n) is 20.2. The Kier molecular flexibility index (Phi) is 10.4. The molecule has 2 rings (SSSR count). The molecule has 0 bridgehead atoms. The Morgan fingerprint density at radius 1 is 0.914 bits per heavy atom. The maximum absolute atomic E-state index is 13.2. The molecule has 0 aliphatic heterocycles. The number of imidazole rings is 1. The highest BCUT2D eigenvalue weighted by Gasteiger charge is 2.30. The van der Waals surface area contributed by atoms with E-state index in [1.165, 1.54) is 19.4 Å². The van der Waals surface area contributed by atoms with Gasteiger partial charge in [0.05, 0.1) is 12.4 Å². The first-order valence-corrected chi connectivity index (χ1v) is 11.5. The molecule has 0 radical (unpaired) electrons. The van der Waals surface area contributed by atoms with Crippen molar-refractivity contribution >= 4 is 23.7 Å². The number of aromatic nitrogens is 2. The molecule has 3 amide bonds. The number of carboxylic acid groups (broad SMARTS) is 1. The van der Waals surface area contributed by atoms with Gasteiger partial charge < -0.3 is 31.8 Å². The number of carbonyl (C=O) groups excluding carboxylic acids is 3. The molecule has 0 saturated heterocycles. The van der Waals surface area contributed by atoms with E-state index >= 15 is 0 Å². The second-order valence-electron chi connectivity index (χ2n) is 8.91. The molecule has 1 aromatic carbocycles. The lowest BCUT2D eigenvalue weighted by Gasteiger charge is -2.26.